The lowest BCUT2D eigenvalue weighted by atomic mass is 10.1. The number of ether oxygens (including phenoxy) is 3. The molecule has 3 aromatic rings. The van der Waals surface area contributed by atoms with Crippen LogP contribution in [0.25, 0.3) is 0 Å². The third-order valence-electron chi connectivity index (χ3n) is 5.15. The number of rotatable bonds is 11. The molecule has 0 spiro atoms. The van der Waals surface area contributed by atoms with Crippen molar-refractivity contribution < 1.29 is 28.6 Å². The van der Waals surface area contributed by atoms with Gasteiger partial charge in [0.1, 0.15) is 11.5 Å². The van der Waals surface area contributed by atoms with E-state index in [1.54, 1.807) is 31.2 Å². The molecule has 0 fully saturated rings. The first-order valence-corrected chi connectivity index (χ1v) is 11.8. The van der Waals surface area contributed by atoms with E-state index in [0.717, 1.165) is 18.4 Å². The van der Waals surface area contributed by atoms with E-state index < -0.39 is 6.16 Å². The van der Waals surface area contributed by atoms with Crippen molar-refractivity contribution in [3.05, 3.63) is 89.5 Å². The molecular weight excluding hydrogens is 460 g/mol. The van der Waals surface area contributed by atoms with E-state index in [0.29, 0.717) is 17.0 Å². The van der Waals surface area contributed by atoms with Gasteiger partial charge in [-0.2, -0.15) is 0 Å². The monoisotopic (exact) mass is 490 g/mol. The standard InChI is InChI=1S/C28H30N2O6/c1-3-7-20-10-14-23(15-11-20)35-19-26(31)29-18-22-8-5-6-9-25(22)30-27(32)21-12-16-24(17-13-21)36-28(33)34-4-2/h5-6,8-17H,3-4,7,18-19H2,1-2H3,(H,29,31)(H,30,32). The summed E-state index contributed by atoms with van der Waals surface area (Å²) in [4.78, 5) is 36.4. The van der Waals surface area contributed by atoms with E-state index in [-0.39, 0.29) is 37.3 Å². The summed E-state index contributed by atoms with van der Waals surface area (Å²) in [5.41, 5.74) is 2.92. The van der Waals surface area contributed by atoms with Gasteiger partial charge in [-0.3, -0.25) is 9.59 Å². The molecule has 0 aliphatic carbocycles. The second-order valence-electron chi connectivity index (χ2n) is 7.88. The molecule has 0 atom stereocenters. The quantitative estimate of drug-likeness (QED) is 0.286. The molecule has 3 rings (SSSR count). The van der Waals surface area contributed by atoms with Gasteiger partial charge in [-0.25, -0.2) is 4.79 Å². The SMILES string of the molecule is CCCc1ccc(OCC(=O)NCc2ccccc2NC(=O)c2ccc(OC(=O)OCC)cc2)cc1. The van der Waals surface area contributed by atoms with Crippen molar-refractivity contribution in [2.24, 2.45) is 0 Å². The van der Waals surface area contributed by atoms with E-state index in [9.17, 15) is 14.4 Å². The number of carbonyl (C=O) groups excluding carboxylic acids is 3. The van der Waals surface area contributed by atoms with Gasteiger partial charge in [0.15, 0.2) is 6.61 Å². The van der Waals surface area contributed by atoms with Crippen LogP contribution in [0.5, 0.6) is 11.5 Å². The topological polar surface area (TPSA) is 103 Å². The van der Waals surface area contributed by atoms with Crippen molar-refractivity contribution >= 4 is 23.7 Å². The van der Waals surface area contributed by atoms with Crippen molar-refractivity contribution in [3.8, 4) is 11.5 Å². The number of hydrogen-bond acceptors (Lipinski definition) is 6. The Labute approximate surface area is 210 Å². The minimum atomic E-state index is -0.805. The molecule has 0 bridgehead atoms. The zero-order valence-electron chi connectivity index (χ0n) is 20.4. The van der Waals surface area contributed by atoms with Gasteiger partial charge < -0.3 is 24.8 Å². The number of aryl methyl sites for hydroxylation is 1. The highest BCUT2D eigenvalue weighted by Crippen LogP contribution is 2.18. The molecule has 0 aliphatic heterocycles. The number of benzene rings is 3. The minimum Gasteiger partial charge on any atom is -0.484 e. The number of para-hydroxylation sites is 1. The smallest absolute Gasteiger partial charge is 0.484 e. The largest absolute Gasteiger partial charge is 0.513 e. The van der Waals surface area contributed by atoms with Crippen LogP contribution in [0.3, 0.4) is 0 Å². The molecule has 0 aromatic heterocycles. The summed E-state index contributed by atoms with van der Waals surface area (Å²) in [6.07, 6.45) is 1.27. The van der Waals surface area contributed by atoms with Crippen LogP contribution >= 0.6 is 0 Å². The third-order valence-corrected chi connectivity index (χ3v) is 5.15. The number of nitrogens with one attached hydrogen (secondary N) is 2. The Morgan fingerprint density at radius 1 is 0.833 bits per heavy atom. The van der Waals surface area contributed by atoms with E-state index in [1.807, 2.05) is 36.4 Å². The Bertz CT molecular complexity index is 1160. The fraction of sp³-hybridized carbons (Fsp3) is 0.250. The van der Waals surface area contributed by atoms with Crippen molar-refractivity contribution in [1.29, 1.82) is 0 Å². The molecule has 0 radical (unpaired) electrons. The Balaban J connectivity index is 1.51. The van der Waals surface area contributed by atoms with E-state index in [4.69, 9.17) is 14.2 Å². The van der Waals surface area contributed by atoms with Gasteiger partial charge in [0.05, 0.1) is 6.61 Å². The molecular formula is C28H30N2O6. The number of anilines is 1. The zero-order chi connectivity index (χ0) is 25.8. The molecule has 0 saturated heterocycles. The van der Waals surface area contributed by atoms with Crippen LogP contribution in [0.15, 0.2) is 72.8 Å². The van der Waals surface area contributed by atoms with Gasteiger partial charge in [-0.05, 0) is 66.9 Å². The van der Waals surface area contributed by atoms with Gasteiger partial charge in [0.25, 0.3) is 11.8 Å². The summed E-state index contributed by atoms with van der Waals surface area (Å²) in [6.45, 7) is 4.13. The number of amides is 2. The Hall–Kier alpha value is -4.33. The first kappa shape index (κ1) is 26.3. The van der Waals surface area contributed by atoms with Crippen LogP contribution in [-0.2, 0) is 22.5 Å². The maximum absolute atomic E-state index is 12.7. The van der Waals surface area contributed by atoms with Crippen LogP contribution in [0.4, 0.5) is 10.5 Å². The lowest BCUT2D eigenvalue weighted by Crippen LogP contribution is -2.29. The van der Waals surface area contributed by atoms with Gasteiger partial charge in [0, 0.05) is 17.8 Å². The zero-order valence-corrected chi connectivity index (χ0v) is 20.4. The van der Waals surface area contributed by atoms with E-state index >= 15 is 0 Å². The van der Waals surface area contributed by atoms with Gasteiger partial charge >= 0.3 is 6.16 Å². The minimum absolute atomic E-state index is 0.109. The molecule has 8 heteroatoms. The fourth-order valence-corrected chi connectivity index (χ4v) is 3.34. The molecule has 0 unspecified atom stereocenters. The average Bonchev–Trinajstić information content (AvgIpc) is 2.88. The lowest BCUT2D eigenvalue weighted by molar-refractivity contribution is -0.123. The first-order chi connectivity index (χ1) is 17.5. The van der Waals surface area contributed by atoms with E-state index in [2.05, 4.69) is 17.6 Å². The second-order valence-corrected chi connectivity index (χ2v) is 7.88. The molecule has 36 heavy (non-hydrogen) atoms. The summed E-state index contributed by atoms with van der Waals surface area (Å²) in [5, 5.41) is 5.67. The maximum Gasteiger partial charge on any atom is 0.513 e. The highest BCUT2D eigenvalue weighted by atomic mass is 16.7. The van der Waals surface area contributed by atoms with Gasteiger partial charge in [-0.15, -0.1) is 0 Å². The van der Waals surface area contributed by atoms with Crippen LogP contribution in [0.2, 0.25) is 0 Å². The summed E-state index contributed by atoms with van der Waals surface area (Å²) >= 11 is 0. The molecule has 188 valence electrons. The number of hydrogen-bond donors (Lipinski definition) is 2. The first-order valence-electron chi connectivity index (χ1n) is 11.8. The highest BCUT2D eigenvalue weighted by Gasteiger charge is 2.12. The molecule has 8 nitrogen and oxygen atoms in total. The molecule has 2 amide bonds. The molecule has 0 saturated carbocycles. The molecule has 3 aromatic carbocycles. The van der Waals surface area contributed by atoms with Crippen molar-refractivity contribution in [2.75, 3.05) is 18.5 Å². The third kappa shape index (κ3) is 8.16. The molecule has 2 N–H and O–H groups in total. The Morgan fingerprint density at radius 2 is 1.53 bits per heavy atom. The average molecular weight is 491 g/mol. The van der Waals surface area contributed by atoms with Crippen molar-refractivity contribution in [3.63, 3.8) is 0 Å². The van der Waals surface area contributed by atoms with E-state index in [1.165, 1.54) is 17.7 Å². The molecule has 0 aliphatic rings. The van der Waals surface area contributed by atoms with Gasteiger partial charge in [0.2, 0.25) is 0 Å². The summed E-state index contributed by atoms with van der Waals surface area (Å²) in [6, 6.07) is 21.0. The van der Waals surface area contributed by atoms with Crippen LogP contribution < -0.4 is 20.1 Å². The predicted octanol–water partition coefficient (Wildman–Crippen LogP) is 5.12. The van der Waals surface area contributed by atoms with Crippen LogP contribution in [-0.4, -0.2) is 31.2 Å². The molecule has 0 heterocycles. The van der Waals surface area contributed by atoms with Gasteiger partial charge in [-0.1, -0.05) is 43.7 Å². The second kappa shape index (κ2) is 13.5. The van der Waals surface area contributed by atoms with Crippen molar-refractivity contribution in [2.45, 2.75) is 33.2 Å². The van der Waals surface area contributed by atoms with Crippen LogP contribution in [0.1, 0.15) is 41.8 Å². The van der Waals surface area contributed by atoms with Crippen molar-refractivity contribution in [1.82, 2.24) is 5.32 Å². The highest BCUT2D eigenvalue weighted by molar-refractivity contribution is 6.04. The van der Waals surface area contributed by atoms with Crippen LogP contribution in [0, 0.1) is 0 Å². The Morgan fingerprint density at radius 3 is 2.22 bits per heavy atom. The normalized spacial score (nSPS) is 10.3. The number of carbonyl (C=O) groups is 3. The summed E-state index contributed by atoms with van der Waals surface area (Å²) in [5.74, 6) is 0.292. The maximum atomic E-state index is 12.7. The predicted molar refractivity (Wildman–Crippen MR) is 136 cm³/mol. The summed E-state index contributed by atoms with van der Waals surface area (Å²) < 4.78 is 15.3. The lowest BCUT2D eigenvalue weighted by Gasteiger charge is -2.13. The Kier molecular flexibility index (Phi) is 9.88. The fourth-order valence-electron chi connectivity index (χ4n) is 3.34. The summed E-state index contributed by atoms with van der Waals surface area (Å²) in [7, 11) is 0.